The number of hydrogen-bond acceptors (Lipinski definition) is 3. The quantitative estimate of drug-likeness (QED) is 0.752. The first-order valence-corrected chi connectivity index (χ1v) is 8.67. The highest BCUT2D eigenvalue weighted by atomic mass is 19.4. The van der Waals surface area contributed by atoms with Gasteiger partial charge < -0.3 is 10.4 Å². The molecule has 0 bridgehead atoms. The van der Waals surface area contributed by atoms with Crippen LogP contribution in [-0.2, 0) is 16.1 Å². The molecule has 0 spiro atoms. The van der Waals surface area contributed by atoms with Gasteiger partial charge in [-0.1, -0.05) is 30.3 Å². The van der Waals surface area contributed by atoms with E-state index in [1.54, 1.807) is 44.2 Å². The van der Waals surface area contributed by atoms with E-state index < -0.39 is 36.4 Å². The van der Waals surface area contributed by atoms with E-state index in [2.05, 4.69) is 10.4 Å². The number of hydrogen-bond donors (Lipinski definition) is 2. The van der Waals surface area contributed by atoms with Crippen LogP contribution in [0.3, 0.4) is 0 Å². The van der Waals surface area contributed by atoms with E-state index in [1.165, 1.54) is 6.92 Å². The molecule has 1 aromatic carbocycles. The van der Waals surface area contributed by atoms with Gasteiger partial charge in [0.25, 0.3) is 0 Å². The average molecular weight is 397 g/mol. The Kier molecular flexibility index (Phi) is 6.48. The molecular formula is C19H22F3N3O3. The van der Waals surface area contributed by atoms with Crippen molar-refractivity contribution in [3.05, 3.63) is 52.8 Å². The summed E-state index contributed by atoms with van der Waals surface area (Å²) in [4.78, 5) is 24.1. The molecule has 1 amide bonds. The van der Waals surface area contributed by atoms with Crippen molar-refractivity contribution in [1.29, 1.82) is 0 Å². The number of carboxylic acid groups (broad SMARTS) is 1. The van der Waals surface area contributed by atoms with Crippen LogP contribution in [0.4, 0.5) is 13.2 Å². The summed E-state index contributed by atoms with van der Waals surface area (Å²) in [7, 11) is 0. The van der Waals surface area contributed by atoms with Crippen LogP contribution >= 0.6 is 0 Å². The number of carbonyl (C=O) groups is 2. The molecular weight excluding hydrogens is 375 g/mol. The number of carboxylic acids is 1. The summed E-state index contributed by atoms with van der Waals surface area (Å²) < 4.78 is 38.9. The highest BCUT2D eigenvalue weighted by Gasteiger charge is 2.32. The third-order valence-electron chi connectivity index (χ3n) is 4.57. The number of rotatable bonds is 7. The summed E-state index contributed by atoms with van der Waals surface area (Å²) in [5.74, 6) is -3.25. The number of benzene rings is 1. The second kappa shape index (κ2) is 8.45. The Labute approximate surface area is 160 Å². The first-order valence-electron chi connectivity index (χ1n) is 8.67. The number of carbonyl (C=O) groups excluding carboxylic acids is 1. The molecule has 152 valence electrons. The van der Waals surface area contributed by atoms with E-state index >= 15 is 0 Å². The van der Waals surface area contributed by atoms with E-state index in [-0.39, 0.29) is 12.2 Å². The highest BCUT2D eigenvalue weighted by Crippen LogP contribution is 2.26. The van der Waals surface area contributed by atoms with Gasteiger partial charge in [0.1, 0.15) is 6.54 Å². The first kappa shape index (κ1) is 21.5. The Morgan fingerprint density at radius 2 is 1.82 bits per heavy atom. The van der Waals surface area contributed by atoms with Crippen molar-refractivity contribution in [2.24, 2.45) is 0 Å². The topological polar surface area (TPSA) is 84.2 Å². The Hall–Kier alpha value is -2.84. The van der Waals surface area contributed by atoms with Crippen molar-refractivity contribution < 1.29 is 27.9 Å². The molecule has 2 unspecified atom stereocenters. The fraction of sp³-hybridized carbons (Fsp3) is 0.421. The maximum Gasteiger partial charge on any atom is 0.408 e. The lowest BCUT2D eigenvalue weighted by molar-refractivity contribution is -0.143. The van der Waals surface area contributed by atoms with Crippen LogP contribution in [0.2, 0.25) is 0 Å². The molecule has 9 heteroatoms. The van der Waals surface area contributed by atoms with Gasteiger partial charge in [-0.15, -0.1) is 0 Å². The molecule has 0 aliphatic heterocycles. The highest BCUT2D eigenvalue weighted by molar-refractivity contribution is 5.85. The molecule has 0 radical (unpaired) electrons. The van der Waals surface area contributed by atoms with Crippen LogP contribution in [0.15, 0.2) is 30.3 Å². The molecule has 2 rings (SSSR count). The Morgan fingerprint density at radius 3 is 2.36 bits per heavy atom. The SMILES string of the molecule is Cc1nn(CC(F)(F)F)c(C)c1C(C)C(=O)NCC(C(=O)O)c1ccccc1. The summed E-state index contributed by atoms with van der Waals surface area (Å²) in [6.07, 6.45) is -4.42. The molecule has 2 atom stereocenters. The van der Waals surface area contributed by atoms with E-state index in [0.29, 0.717) is 16.8 Å². The lowest BCUT2D eigenvalue weighted by Crippen LogP contribution is -2.34. The largest absolute Gasteiger partial charge is 0.481 e. The zero-order valence-electron chi connectivity index (χ0n) is 15.7. The number of nitrogens with one attached hydrogen (secondary N) is 1. The monoisotopic (exact) mass is 397 g/mol. The number of halogens is 3. The molecule has 28 heavy (non-hydrogen) atoms. The number of aryl methyl sites for hydroxylation is 1. The molecule has 6 nitrogen and oxygen atoms in total. The minimum atomic E-state index is -4.42. The van der Waals surface area contributed by atoms with Crippen molar-refractivity contribution in [2.45, 2.75) is 45.3 Å². The second-order valence-corrected chi connectivity index (χ2v) is 6.63. The average Bonchev–Trinajstić information content (AvgIpc) is 2.86. The first-order chi connectivity index (χ1) is 13.0. The van der Waals surface area contributed by atoms with Crippen molar-refractivity contribution in [3.63, 3.8) is 0 Å². The minimum Gasteiger partial charge on any atom is -0.481 e. The van der Waals surface area contributed by atoms with Crippen molar-refractivity contribution >= 4 is 11.9 Å². The van der Waals surface area contributed by atoms with E-state index in [4.69, 9.17) is 0 Å². The van der Waals surface area contributed by atoms with Crippen LogP contribution < -0.4 is 5.32 Å². The lowest BCUT2D eigenvalue weighted by Gasteiger charge is -2.17. The third kappa shape index (κ3) is 5.11. The summed E-state index contributed by atoms with van der Waals surface area (Å²) in [6.45, 7) is 3.22. The van der Waals surface area contributed by atoms with Crippen molar-refractivity contribution in [3.8, 4) is 0 Å². The molecule has 0 saturated heterocycles. The number of aliphatic carboxylic acids is 1. The van der Waals surface area contributed by atoms with Gasteiger partial charge in [-0.05, 0) is 26.3 Å². The third-order valence-corrected chi connectivity index (χ3v) is 4.57. The summed E-state index contributed by atoms with van der Waals surface area (Å²) in [6, 6.07) is 8.48. The Bertz CT molecular complexity index is 847. The molecule has 0 aliphatic carbocycles. The maximum absolute atomic E-state index is 12.7. The standard InChI is InChI=1S/C19H22F3N3O3/c1-11(16-12(2)24-25(13(16)3)10-19(20,21)22)17(26)23-9-15(18(27)28)14-7-5-4-6-8-14/h4-8,11,15H,9-10H2,1-3H3,(H,23,26)(H,27,28). The van der Waals surface area contributed by atoms with Gasteiger partial charge in [0.2, 0.25) is 5.91 Å². The van der Waals surface area contributed by atoms with Gasteiger partial charge in [0, 0.05) is 17.8 Å². The smallest absolute Gasteiger partial charge is 0.408 e. The maximum atomic E-state index is 12.7. The predicted molar refractivity (Wildman–Crippen MR) is 96.0 cm³/mol. The van der Waals surface area contributed by atoms with E-state index in [9.17, 15) is 27.9 Å². The molecule has 2 aromatic rings. The molecule has 0 saturated carbocycles. The second-order valence-electron chi connectivity index (χ2n) is 6.63. The summed E-state index contributed by atoms with van der Waals surface area (Å²) >= 11 is 0. The molecule has 1 heterocycles. The Balaban J connectivity index is 2.13. The summed E-state index contributed by atoms with van der Waals surface area (Å²) in [5.41, 5.74) is 1.55. The van der Waals surface area contributed by atoms with Crippen LogP contribution in [-0.4, -0.2) is 39.5 Å². The molecule has 0 fully saturated rings. The Morgan fingerprint density at radius 1 is 1.21 bits per heavy atom. The molecule has 1 aromatic heterocycles. The summed E-state index contributed by atoms with van der Waals surface area (Å²) in [5, 5.41) is 15.9. The number of aromatic nitrogens is 2. The van der Waals surface area contributed by atoms with E-state index in [1.807, 2.05) is 0 Å². The van der Waals surface area contributed by atoms with E-state index in [0.717, 1.165) is 4.68 Å². The zero-order valence-corrected chi connectivity index (χ0v) is 15.7. The fourth-order valence-corrected chi connectivity index (χ4v) is 3.18. The van der Waals surface area contributed by atoms with Gasteiger partial charge >= 0.3 is 12.1 Å². The molecule has 0 aliphatic rings. The zero-order chi connectivity index (χ0) is 21.1. The van der Waals surface area contributed by atoms with Gasteiger partial charge in [-0.25, -0.2) is 0 Å². The normalized spacial score (nSPS) is 13.8. The minimum absolute atomic E-state index is 0.128. The van der Waals surface area contributed by atoms with Crippen LogP contribution in [0, 0.1) is 13.8 Å². The van der Waals surface area contributed by atoms with Gasteiger partial charge in [0.15, 0.2) is 0 Å². The number of amides is 1. The van der Waals surface area contributed by atoms with Crippen LogP contribution in [0.5, 0.6) is 0 Å². The van der Waals surface area contributed by atoms with Crippen molar-refractivity contribution in [1.82, 2.24) is 15.1 Å². The fourth-order valence-electron chi connectivity index (χ4n) is 3.18. The van der Waals surface area contributed by atoms with Gasteiger partial charge in [0.05, 0.1) is 17.5 Å². The van der Waals surface area contributed by atoms with Gasteiger partial charge in [-0.3, -0.25) is 14.3 Å². The lowest BCUT2D eigenvalue weighted by atomic mass is 9.96. The van der Waals surface area contributed by atoms with Crippen molar-refractivity contribution in [2.75, 3.05) is 6.54 Å². The number of alkyl halides is 3. The number of nitrogens with zero attached hydrogens (tertiary/aromatic N) is 2. The van der Waals surface area contributed by atoms with Gasteiger partial charge in [-0.2, -0.15) is 18.3 Å². The van der Waals surface area contributed by atoms with Crippen LogP contribution in [0.1, 0.15) is 41.3 Å². The molecule has 2 N–H and O–H groups in total. The van der Waals surface area contributed by atoms with Crippen LogP contribution in [0.25, 0.3) is 0 Å². The predicted octanol–water partition coefficient (Wildman–Crippen LogP) is 3.15.